The fourth-order valence-electron chi connectivity index (χ4n) is 1.91. The van der Waals surface area contributed by atoms with E-state index in [1.807, 2.05) is 0 Å². The van der Waals surface area contributed by atoms with Crippen LogP contribution in [0.15, 0.2) is 12.7 Å². The maximum Gasteiger partial charge on any atom is 0.182 e. The molecule has 0 spiro atoms. The van der Waals surface area contributed by atoms with E-state index < -0.39 is 0 Å². The van der Waals surface area contributed by atoms with E-state index in [-0.39, 0.29) is 0 Å². The summed E-state index contributed by atoms with van der Waals surface area (Å²) in [5.41, 5.74) is 1.68. The van der Waals surface area contributed by atoms with E-state index in [2.05, 4.69) is 40.8 Å². The number of nitrogens with one attached hydrogen (secondary N) is 1. The average Bonchev–Trinajstić information content (AvgIpc) is 3.02. The Labute approximate surface area is 101 Å². The lowest BCUT2D eigenvalue weighted by atomic mass is 10.4. The first-order chi connectivity index (χ1) is 7.90. The molecule has 0 radical (unpaired) electrons. The van der Waals surface area contributed by atoms with E-state index in [4.69, 9.17) is 0 Å². The summed E-state index contributed by atoms with van der Waals surface area (Å²) in [5.74, 6) is 0.976. The number of rotatable bonds is 4. The van der Waals surface area contributed by atoms with Gasteiger partial charge in [0.1, 0.15) is 11.8 Å². The lowest BCUT2D eigenvalue weighted by Gasteiger charge is -2.22. The Hall–Kier alpha value is -1.17. The Balaban J connectivity index is 2.04. The number of hydrogen-bond donors (Lipinski definition) is 1. The van der Waals surface area contributed by atoms with Crippen molar-refractivity contribution in [2.75, 3.05) is 16.8 Å². The maximum absolute atomic E-state index is 4.38. The van der Waals surface area contributed by atoms with Crippen LogP contribution in [0.4, 0.5) is 5.82 Å². The Kier molecular flexibility index (Phi) is 2.51. The predicted molar refractivity (Wildman–Crippen MR) is 65.8 cm³/mol. The highest BCUT2D eigenvalue weighted by molar-refractivity contribution is 9.09. The van der Waals surface area contributed by atoms with Gasteiger partial charge in [-0.1, -0.05) is 15.9 Å². The summed E-state index contributed by atoms with van der Waals surface area (Å²) in [7, 11) is 0. The number of anilines is 1. The van der Waals surface area contributed by atoms with Crippen LogP contribution in [0.5, 0.6) is 0 Å². The van der Waals surface area contributed by atoms with E-state index in [1.165, 1.54) is 12.8 Å². The normalized spacial score (nSPS) is 15.6. The average molecular weight is 282 g/mol. The molecule has 3 rings (SSSR count). The van der Waals surface area contributed by atoms with Crippen molar-refractivity contribution in [2.24, 2.45) is 0 Å². The zero-order valence-corrected chi connectivity index (χ0v) is 10.3. The van der Waals surface area contributed by atoms with E-state index in [0.29, 0.717) is 6.04 Å². The Bertz CT molecular complexity index is 493. The predicted octanol–water partition coefficient (Wildman–Crippen LogP) is 1.72. The molecule has 16 heavy (non-hydrogen) atoms. The molecule has 0 unspecified atom stereocenters. The minimum Gasteiger partial charge on any atom is -0.351 e. The van der Waals surface area contributed by atoms with Gasteiger partial charge in [-0.3, -0.25) is 0 Å². The number of aromatic amines is 1. The molecule has 0 bridgehead atoms. The first-order valence-corrected chi connectivity index (χ1v) is 6.49. The van der Waals surface area contributed by atoms with Crippen molar-refractivity contribution < 1.29 is 0 Å². The van der Waals surface area contributed by atoms with Gasteiger partial charge in [0.2, 0.25) is 0 Å². The Morgan fingerprint density at radius 2 is 2.25 bits per heavy atom. The smallest absolute Gasteiger partial charge is 0.182 e. The number of imidazole rings is 1. The van der Waals surface area contributed by atoms with Gasteiger partial charge < -0.3 is 9.88 Å². The molecular weight excluding hydrogens is 270 g/mol. The van der Waals surface area contributed by atoms with Crippen molar-refractivity contribution in [3.63, 3.8) is 0 Å². The summed E-state index contributed by atoms with van der Waals surface area (Å²) >= 11 is 3.49. The maximum atomic E-state index is 4.38. The lowest BCUT2D eigenvalue weighted by molar-refractivity contribution is 0.817. The second-order valence-electron chi connectivity index (χ2n) is 3.91. The third-order valence-electron chi connectivity index (χ3n) is 2.79. The van der Waals surface area contributed by atoms with Crippen LogP contribution in [0.2, 0.25) is 0 Å². The van der Waals surface area contributed by atoms with Gasteiger partial charge in [-0.15, -0.1) is 0 Å². The van der Waals surface area contributed by atoms with Gasteiger partial charge in [0, 0.05) is 17.9 Å². The van der Waals surface area contributed by atoms with Crippen LogP contribution in [0.25, 0.3) is 11.2 Å². The van der Waals surface area contributed by atoms with Crippen LogP contribution in [0, 0.1) is 0 Å². The molecule has 84 valence electrons. The van der Waals surface area contributed by atoms with Gasteiger partial charge in [-0.25, -0.2) is 15.0 Å². The van der Waals surface area contributed by atoms with E-state index in [1.54, 1.807) is 12.7 Å². The summed E-state index contributed by atoms with van der Waals surface area (Å²) in [6, 6.07) is 0.638. The molecule has 2 heterocycles. The molecule has 2 aromatic heterocycles. The quantitative estimate of drug-likeness (QED) is 0.867. The molecule has 1 aliphatic carbocycles. The Morgan fingerprint density at radius 1 is 1.38 bits per heavy atom. The number of fused-ring (bicyclic) bond motifs is 1. The zero-order valence-electron chi connectivity index (χ0n) is 8.73. The van der Waals surface area contributed by atoms with Gasteiger partial charge in [-0.05, 0) is 12.8 Å². The number of alkyl halides is 1. The monoisotopic (exact) mass is 281 g/mol. The fourth-order valence-corrected chi connectivity index (χ4v) is 2.29. The van der Waals surface area contributed by atoms with Crippen molar-refractivity contribution in [3.05, 3.63) is 12.7 Å². The summed E-state index contributed by atoms with van der Waals surface area (Å²) in [6.45, 7) is 0.968. The molecule has 0 aliphatic heterocycles. The number of nitrogens with zero attached hydrogens (tertiary/aromatic N) is 4. The lowest BCUT2D eigenvalue weighted by Crippen LogP contribution is -2.28. The van der Waals surface area contributed by atoms with Crippen LogP contribution in [-0.2, 0) is 0 Å². The van der Waals surface area contributed by atoms with Gasteiger partial charge in [0.05, 0.1) is 6.33 Å². The molecule has 6 heteroatoms. The molecule has 1 aliphatic rings. The van der Waals surface area contributed by atoms with Crippen LogP contribution in [-0.4, -0.2) is 37.9 Å². The number of H-pyrrole nitrogens is 1. The minimum absolute atomic E-state index is 0.638. The van der Waals surface area contributed by atoms with Gasteiger partial charge in [0.15, 0.2) is 11.5 Å². The number of halogens is 1. The molecule has 0 atom stereocenters. The van der Waals surface area contributed by atoms with Crippen molar-refractivity contribution in [2.45, 2.75) is 18.9 Å². The van der Waals surface area contributed by atoms with E-state index in [0.717, 1.165) is 28.9 Å². The third kappa shape index (κ3) is 1.67. The standard InChI is InChI=1S/C10H12BrN5/c11-3-4-16(7-1-2-7)10-8-9(13-5-12-8)14-6-15-10/h5-7H,1-4H2,(H,12,13,14,15). The van der Waals surface area contributed by atoms with E-state index in [9.17, 15) is 0 Å². The molecule has 0 saturated heterocycles. The first kappa shape index (κ1) is 10.0. The van der Waals surface area contributed by atoms with Crippen molar-refractivity contribution in [3.8, 4) is 0 Å². The topological polar surface area (TPSA) is 57.7 Å². The summed E-state index contributed by atoms with van der Waals surface area (Å²) < 4.78 is 0. The van der Waals surface area contributed by atoms with Crippen LogP contribution < -0.4 is 4.90 Å². The van der Waals surface area contributed by atoms with Crippen molar-refractivity contribution in [1.29, 1.82) is 0 Å². The largest absolute Gasteiger partial charge is 0.351 e. The summed E-state index contributed by atoms with van der Waals surface area (Å²) in [4.78, 5) is 18.1. The summed E-state index contributed by atoms with van der Waals surface area (Å²) in [6.07, 6.45) is 5.77. The molecular formula is C10H12BrN5. The Morgan fingerprint density at radius 3 is 3.00 bits per heavy atom. The second-order valence-corrected chi connectivity index (χ2v) is 4.70. The van der Waals surface area contributed by atoms with Gasteiger partial charge >= 0.3 is 0 Å². The highest BCUT2D eigenvalue weighted by Crippen LogP contribution is 2.32. The molecule has 1 saturated carbocycles. The van der Waals surface area contributed by atoms with E-state index >= 15 is 0 Å². The van der Waals surface area contributed by atoms with Crippen LogP contribution in [0.3, 0.4) is 0 Å². The van der Waals surface area contributed by atoms with Gasteiger partial charge in [-0.2, -0.15) is 0 Å². The number of hydrogen-bond acceptors (Lipinski definition) is 4. The number of aromatic nitrogens is 4. The highest BCUT2D eigenvalue weighted by atomic mass is 79.9. The molecule has 1 fully saturated rings. The fraction of sp³-hybridized carbons (Fsp3) is 0.500. The highest BCUT2D eigenvalue weighted by Gasteiger charge is 2.30. The summed E-state index contributed by atoms with van der Waals surface area (Å²) in [5, 5.41) is 0.948. The third-order valence-corrected chi connectivity index (χ3v) is 3.14. The van der Waals surface area contributed by atoms with Crippen molar-refractivity contribution in [1.82, 2.24) is 19.9 Å². The minimum atomic E-state index is 0.638. The molecule has 5 nitrogen and oxygen atoms in total. The zero-order chi connectivity index (χ0) is 11.0. The SMILES string of the molecule is BrCCN(c1ncnc2nc[nH]c12)C1CC1. The molecule has 0 amide bonds. The molecule has 0 aromatic carbocycles. The molecule has 2 aromatic rings. The van der Waals surface area contributed by atoms with Crippen molar-refractivity contribution >= 4 is 32.9 Å². The first-order valence-electron chi connectivity index (χ1n) is 5.37. The van der Waals surface area contributed by atoms with Gasteiger partial charge in [0.25, 0.3) is 0 Å². The molecule has 1 N–H and O–H groups in total. The second kappa shape index (κ2) is 4.01. The van der Waals surface area contributed by atoms with Crippen LogP contribution >= 0.6 is 15.9 Å². The van der Waals surface area contributed by atoms with Crippen LogP contribution in [0.1, 0.15) is 12.8 Å².